The summed E-state index contributed by atoms with van der Waals surface area (Å²) in [7, 11) is 0. The molecule has 2 aromatic heterocycles. The maximum Gasteiger partial charge on any atom is 0.134 e. The maximum atomic E-state index is 6.12. The van der Waals surface area contributed by atoms with Crippen LogP contribution in [0.3, 0.4) is 0 Å². The van der Waals surface area contributed by atoms with Crippen molar-refractivity contribution in [3.8, 4) is 11.3 Å². The van der Waals surface area contributed by atoms with E-state index in [-0.39, 0.29) is 0 Å². The number of nitrogens with zero attached hydrogens (tertiary/aromatic N) is 2. The van der Waals surface area contributed by atoms with Crippen molar-refractivity contribution >= 4 is 22.6 Å². The van der Waals surface area contributed by atoms with Gasteiger partial charge in [-0.2, -0.15) is 0 Å². The van der Waals surface area contributed by atoms with Crippen molar-refractivity contribution < 1.29 is 0 Å². The van der Waals surface area contributed by atoms with E-state index in [9.17, 15) is 0 Å². The second-order valence-corrected chi connectivity index (χ2v) is 4.48. The third-order valence-corrected chi connectivity index (χ3v) is 3.05. The van der Waals surface area contributed by atoms with Crippen LogP contribution in [0.5, 0.6) is 0 Å². The molecule has 4 N–H and O–H groups in total. The van der Waals surface area contributed by atoms with Crippen LogP contribution in [0.15, 0.2) is 18.2 Å². The fraction of sp³-hybridized carbons (Fsp3) is 0.167. The van der Waals surface area contributed by atoms with Crippen LogP contribution in [0.1, 0.15) is 11.6 Å². The minimum absolute atomic E-state index is 0.338. The summed E-state index contributed by atoms with van der Waals surface area (Å²) in [6.45, 7) is 2.26. The molecule has 3 rings (SSSR count). The Hall–Kier alpha value is -1.85. The van der Waals surface area contributed by atoms with E-state index in [0.717, 1.165) is 22.4 Å². The van der Waals surface area contributed by atoms with Gasteiger partial charge in [-0.1, -0.05) is 17.7 Å². The number of hydrogen-bond acceptors (Lipinski definition) is 3. The lowest BCUT2D eigenvalue weighted by Gasteiger charge is -1.97. The molecule has 0 fully saturated rings. The van der Waals surface area contributed by atoms with Gasteiger partial charge in [0.15, 0.2) is 0 Å². The molecule has 0 aliphatic rings. The number of rotatable bonds is 2. The number of imidazole rings is 2. The summed E-state index contributed by atoms with van der Waals surface area (Å²) in [5.41, 5.74) is 9.09. The Morgan fingerprint density at radius 1 is 1.28 bits per heavy atom. The van der Waals surface area contributed by atoms with Crippen LogP contribution in [0, 0.1) is 6.92 Å². The van der Waals surface area contributed by atoms with Gasteiger partial charge in [0.2, 0.25) is 0 Å². The quantitative estimate of drug-likeness (QED) is 0.662. The summed E-state index contributed by atoms with van der Waals surface area (Å²) in [6, 6.07) is 5.88. The molecule has 1 aromatic carbocycles. The number of nitrogens with one attached hydrogen (secondary N) is 2. The summed E-state index contributed by atoms with van der Waals surface area (Å²) >= 11 is 6.12. The van der Waals surface area contributed by atoms with E-state index in [0.29, 0.717) is 23.2 Å². The van der Waals surface area contributed by atoms with Gasteiger partial charge < -0.3 is 15.7 Å². The molecule has 2 heterocycles. The number of benzene rings is 1. The number of aromatic amines is 2. The highest BCUT2D eigenvalue weighted by Crippen LogP contribution is 2.27. The predicted molar refractivity (Wildman–Crippen MR) is 71.3 cm³/mol. The molecule has 5 nitrogen and oxygen atoms in total. The van der Waals surface area contributed by atoms with Crippen LogP contribution < -0.4 is 5.73 Å². The first-order valence-corrected chi connectivity index (χ1v) is 5.96. The van der Waals surface area contributed by atoms with Gasteiger partial charge in [0, 0.05) is 5.56 Å². The van der Waals surface area contributed by atoms with Crippen LogP contribution in [0.25, 0.3) is 22.3 Å². The molecule has 0 unspecified atom stereocenters. The number of hydrogen-bond donors (Lipinski definition) is 3. The lowest BCUT2D eigenvalue weighted by Crippen LogP contribution is -1.97. The SMILES string of the molecule is Cc1nc2ccc(-c3nc(CN)[nH]c3Cl)cc2[nH]1. The molecule has 0 bridgehead atoms. The number of H-pyrrole nitrogens is 2. The van der Waals surface area contributed by atoms with E-state index in [1.165, 1.54) is 0 Å². The van der Waals surface area contributed by atoms with Crippen LogP contribution in [-0.4, -0.2) is 19.9 Å². The topological polar surface area (TPSA) is 83.4 Å². The zero-order valence-electron chi connectivity index (χ0n) is 9.79. The lowest BCUT2D eigenvalue weighted by molar-refractivity contribution is 0.951. The van der Waals surface area contributed by atoms with E-state index in [1.54, 1.807) is 0 Å². The zero-order chi connectivity index (χ0) is 12.7. The molecule has 0 amide bonds. The first kappa shape index (κ1) is 11.3. The Bertz CT molecular complexity index is 712. The zero-order valence-corrected chi connectivity index (χ0v) is 10.5. The van der Waals surface area contributed by atoms with Crippen LogP contribution in [-0.2, 0) is 6.54 Å². The second-order valence-electron chi connectivity index (χ2n) is 4.10. The van der Waals surface area contributed by atoms with E-state index < -0.39 is 0 Å². The Balaban J connectivity index is 2.15. The number of aryl methyl sites for hydroxylation is 1. The number of halogens is 1. The molecule has 18 heavy (non-hydrogen) atoms. The Morgan fingerprint density at radius 3 is 2.83 bits per heavy atom. The summed E-state index contributed by atoms with van der Waals surface area (Å²) < 4.78 is 0. The number of aromatic nitrogens is 4. The largest absolute Gasteiger partial charge is 0.342 e. The molecule has 0 atom stereocenters. The highest BCUT2D eigenvalue weighted by molar-refractivity contribution is 6.32. The molecule has 0 aliphatic carbocycles. The predicted octanol–water partition coefficient (Wildman–Crippen LogP) is 2.37. The fourth-order valence-corrected chi connectivity index (χ4v) is 2.23. The second kappa shape index (κ2) is 4.12. The van der Waals surface area contributed by atoms with Gasteiger partial charge >= 0.3 is 0 Å². The minimum Gasteiger partial charge on any atom is -0.342 e. The average molecular weight is 262 g/mol. The highest BCUT2D eigenvalue weighted by atomic mass is 35.5. The van der Waals surface area contributed by atoms with Gasteiger partial charge in [-0.15, -0.1) is 0 Å². The summed E-state index contributed by atoms with van der Waals surface area (Å²) in [5, 5.41) is 0.506. The summed E-state index contributed by atoms with van der Waals surface area (Å²) in [4.78, 5) is 14.9. The van der Waals surface area contributed by atoms with Crippen LogP contribution >= 0.6 is 11.6 Å². The maximum absolute atomic E-state index is 6.12. The lowest BCUT2D eigenvalue weighted by atomic mass is 10.1. The monoisotopic (exact) mass is 261 g/mol. The molecule has 0 aliphatic heterocycles. The fourth-order valence-electron chi connectivity index (χ4n) is 1.97. The molecule has 0 radical (unpaired) electrons. The Morgan fingerprint density at radius 2 is 2.11 bits per heavy atom. The molecule has 3 aromatic rings. The normalized spacial score (nSPS) is 11.3. The van der Waals surface area contributed by atoms with Gasteiger partial charge in [0.05, 0.1) is 17.6 Å². The van der Waals surface area contributed by atoms with Gasteiger partial charge in [-0.3, -0.25) is 0 Å². The average Bonchev–Trinajstić information content (AvgIpc) is 2.89. The van der Waals surface area contributed by atoms with Crippen molar-refractivity contribution in [1.82, 2.24) is 19.9 Å². The molecule has 0 saturated carbocycles. The van der Waals surface area contributed by atoms with Crippen molar-refractivity contribution in [3.05, 3.63) is 35.0 Å². The van der Waals surface area contributed by atoms with Crippen molar-refractivity contribution in [2.45, 2.75) is 13.5 Å². The van der Waals surface area contributed by atoms with Crippen molar-refractivity contribution in [3.63, 3.8) is 0 Å². The first-order chi connectivity index (χ1) is 8.67. The van der Waals surface area contributed by atoms with E-state index in [2.05, 4.69) is 19.9 Å². The Labute approximate surface area is 108 Å². The van der Waals surface area contributed by atoms with Gasteiger partial charge in [0.25, 0.3) is 0 Å². The van der Waals surface area contributed by atoms with Crippen molar-refractivity contribution in [2.75, 3.05) is 0 Å². The molecule has 6 heteroatoms. The molecular formula is C12H12ClN5. The highest BCUT2D eigenvalue weighted by Gasteiger charge is 2.11. The summed E-state index contributed by atoms with van der Waals surface area (Å²) in [5.74, 6) is 1.56. The van der Waals surface area contributed by atoms with Crippen molar-refractivity contribution in [1.29, 1.82) is 0 Å². The summed E-state index contributed by atoms with van der Waals surface area (Å²) in [6.07, 6.45) is 0. The van der Waals surface area contributed by atoms with Gasteiger partial charge in [-0.05, 0) is 19.1 Å². The van der Waals surface area contributed by atoms with Gasteiger partial charge in [0.1, 0.15) is 22.5 Å². The van der Waals surface area contributed by atoms with Crippen molar-refractivity contribution in [2.24, 2.45) is 5.73 Å². The van der Waals surface area contributed by atoms with Crippen LogP contribution in [0.4, 0.5) is 0 Å². The van der Waals surface area contributed by atoms with E-state index in [4.69, 9.17) is 17.3 Å². The van der Waals surface area contributed by atoms with E-state index in [1.807, 2.05) is 25.1 Å². The molecule has 0 saturated heterocycles. The first-order valence-electron chi connectivity index (χ1n) is 5.58. The van der Waals surface area contributed by atoms with Crippen LogP contribution in [0.2, 0.25) is 5.15 Å². The molecule has 0 spiro atoms. The van der Waals surface area contributed by atoms with Gasteiger partial charge in [-0.25, -0.2) is 9.97 Å². The molecular weight excluding hydrogens is 250 g/mol. The number of fused-ring (bicyclic) bond motifs is 1. The third-order valence-electron chi connectivity index (χ3n) is 2.78. The standard InChI is InChI=1S/C12H12ClN5/c1-6-15-8-3-2-7(4-9(8)16-6)11-12(13)18-10(5-14)17-11/h2-4H,5,14H2,1H3,(H,15,16)(H,17,18). The Kier molecular flexibility index (Phi) is 2.57. The third kappa shape index (κ3) is 1.77. The number of nitrogens with two attached hydrogens (primary N) is 1. The minimum atomic E-state index is 0.338. The molecule has 92 valence electrons. The smallest absolute Gasteiger partial charge is 0.134 e. The van der Waals surface area contributed by atoms with E-state index >= 15 is 0 Å².